The molecule has 0 aliphatic heterocycles. The highest BCUT2D eigenvalue weighted by molar-refractivity contribution is 6.40. The van der Waals surface area contributed by atoms with Crippen LogP contribution in [0.3, 0.4) is 0 Å². The van der Waals surface area contributed by atoms with E-state index in [9.17, 15) is 8.78 Å². The second kappa shape index (κ2) is 4.60. The van der Waals surface area contributed by atoms with Gasteiger partial charge in [-0.3, -0.25) is 5.84 Å². The molecule has 0 spiro atoms. The third-order valence-electron chi connectivity index (χ3n) is 2.26. The Hall–Kier alpha value is -1.17. The van der Waals surface area contributed by atoms with E-state index < -0.39 is 12.1 Å². The van der Waals surface area contributed by atoms with Crippen molar-refractivity contribution in [2.45, 2.75) is 6.43 Å². The van der Waals surface area contributed by atoms with Crippen LogP contribution < -0.4 is 11.3 Å². The number of alkyl halides is 2. The smallest absolute Gasteiger partial charge is 0.280 e. The van der Waals surface area contributed by atoms with E-state index in [4.69, 9.17) is 29.0 Å². The highest BCUT2D eigenvalue weighted by atomic mass is 35.5. The third-order valence-corrected chi connectivity index (χ3v) is 2.88. The molecule has 0 aliphatic carbocycles. The number of halogens is 4. The van der Waals surface area contributed by atoms with Crippen molar-refractivity contribution in [2.24, 2.45) is 5.84 Å². The molecule has 17 heavy (non-hydrogen) atoms. The van der Waals surface area contributed by atoms with Crippen LogP contribution in [0.15, 0.2) is 18.2 Å². The zero-order chi connectivity index (χ0) is 12.6. The lowest BCUT2D eigenvalue weighted by Crippen LogP contribution is -2.09. The molecule has 1 heterocycles. The Morgan fingerprint density at radius 1 is 1.24 bits per heavy atom. The van der Waals surface area contributed by atoms with Gasteiger partial charge in [0.15, 0.2) is 0 Å². The van der Waals surface area contributed by atoms with Crippen LogP contribution in [-0.4, -0.2) is 4.98 Å². The van der Waals surface area contributed by atoms with Crippen LogP contribution in [0.1, 0.15) is 12.1 Å². The van der Waals surface area contributed by atoms with E-state index in [2.05, 4.69) is 10.4 Å². The second-order valence-corrected chi connectivity index (χ2v) is 4.11. The molecule has 90 valence electrons. The van der Waals surface area contributed by atoms with Crippen LogP contribution in [0.25, 0.3) is 10.9 Å². The number of fused-ring (bicyclic) bond motifs is 1. The molecule has 0 amide bonds. The molecule has 3 nitrogen and oxygen atoms in total. The molecule has 1 aromatic heterocycles. The van der Waals surface area contributed by atoms with Gasteiger partial charge in [-0.15, -0.1) is 0 Å². The van der Waals surface area contributed by atoms with E-state index in [1.807, 2.05) is 0 Å². The van der Waals surface area contributed by atoms with E-state index in [0.717, 1.165) is 6.07 Å². The van der Waals surface area contributed by atoms with Crippen molar-refractivity contribution in [2.75, 3.05) is 5.43 Å². The zero-order valence-corrected chi connectivity index (χ0v) is 9.86. The first-order chi connectivity index (χ1) is 8.04. The van der Waals surface area contributed by atoms with Crippen LogP contribution in [0, 0.1) is 0 Å². The lowest BCUT2D eigenvalue weighted by molar-refractivity contribution is 0.146. The molecule has 0 atom stereocenters. The maximum Gasteiger partial charge on any atom is 0.280 e. The molecular weight excluding hydrogens is 271 g/mol. The van der Waals surface area contributed by atoms with Gasteiger partial charge in [-0.2, -0.15) is 0 Å². The summed E-state index contributed by atoms with van der Waals surface area (Å²) in [5.74, 6) is 5.28. The number of benzene rings is 1. The molecule has 0 fully saturated rings. The Bertz CT molecular complexity index is 575. The van der Waals surface area contributed by atoms with Gasteiger partial charge in [0.1, 0.15) is 5.69 Å². The number of pyridine rings is 1. The number of hydrazine groups is 1. The topological polar surface area (TPSA) is 50.9 Å². The summed E-state index contributed by atoms with van der Waals surface area (Å²) in [6, 6.07) is 4.20. The first-order valence-corrected chi connectivity index (χ1v) is 5.33. The van der Waals surface area contributed by atoms with Gasteiger partial charge in [-0.05, 0) is 18.2 Å². The van der Waals surface area contributed by atoms with E-state index in [0.29, 0.717) is 10.4 Å². The van der Waals surface area contributed by atoms with Crippen LogP contribution in [0.5, 0.6) is 0 Å². The van der Waals surface area contributed by atoms with Crippen LogP contribution in [0.4, 0.5) is 14.5 Å². The normalized spacial score (nSPS) is 11.2. The number of nitrogens with one attached hydrogen (secondary N) is 1. The summed E-state index contributed by atoms with van der Waals surface area (Å²) in [4.78, 5) is 3.78. The second-order valence-electron chi connectivity index (χ2n) is 3.29. The summed E-state index contributed by atoms with van der Waals surface area (Å²) >= 11 is 11.9. The largest absolute Gasteiger partial charge is 0.323 e. The summed E-state index contributed by atoms with van der Waals surface area (Å²) in [5.41, 5.74) is 2.37. The molecule has 0 bridgehead atoms. The molecule has 0 aliphatic rings. The van der Waals surface area contributed by atoms with Crippen molar-refractivity contribution >= 4 is 39.8 Å². The predicted octanol–water partition coefficient (Wildman–Crippen LogP) is 3.76. The fourth-order valence-corrected chi connectivity index (χ4v) is 1.97. The molecule has 2 rings (SSSR count). The lowest BCUT2D eigenvalue weighted by Gasteiger charge is -2.10. The number of nitrogens with two attached hydrogens (primary N) is 1. The van der Waals surface area contributed by atoms with Crippen molar-refractivity contribution in [1.29, 1.82) is 0 Å². The fourth-order valence-electron chi connectivity index (χ4n) is 1.51. The Balaban J connectivity index is 2.87. The molecular formula is C10H7Cl2F2N3. The molecule has 3 N–H and O–H groups in total. The van der Waals surface area contributed by atoms with E-state index in [1.165, 1.54) is 6.07 Å². The highest BCUT2D eigenvalue weighted by Crippen LogP contribution is 2.35. The number of nitrogens with zero attached hydrogens (tertiary/aromatic N) is 1. The number of anilines is 1. The molecule has 0 radical (unpaired) electrons. The SMILES string of the molecule is NNc1cc(C(F)F)nc2c(Cl)ccc(Cl)c12. The van der Waals surface area contributed by atoms with Gasteiger partial charge in [0.05, 0.1) is 21.2 Å². The van der Waals surface area contributed by atoms with Gasteiger partial charge >= 0.3 is 0 Å². The minimum Gasteiger partial charge on any atom is -0.323 e. The van der Waals surface area contributed by atoms with E-state index >= 15 is 0 Å². The molecule has 0 saturated heterocycles. The summed E-state index contributed by atoms with van der Waals surface area (Å²) < 4.78 is 25.3. The van der Waals surface area contributed by atoms with Crippen LogP contribution >= 0.6 is 23.2 Å². The molecule has 1 aromatic carbocycles. The van der Waals surface area contributed by atoms with E-state index in [1.54, 1.807) is 6.07 Å². The minimum atomic E-state index is -2.71. The quantitative estimate of drug-likeness (QED) is 0.649. The number of nitrogen functional groups attached to an aromatic ring is 1. The van der Waals surface area contributed by atoms with Gasteiger partial charge in [0.25, 0.3) is 6.43 Å². The number of hydrogen-bond donors (Lipinski definition) is 2. The fraction of sp³-hybridized carbons (Fsp3) is 0.100. The summed E-state index contributed by atoms with van der Waals surface area (Å²) in [6.07, 6.45) is -2.71. The summed E-state index contributed by atoms with van der Waals surface area (Å²) in [7, 11) is 0. The zero-order valence-electron chi connectivity index (χ0n) is 8.35. The van der Waals surface area contributed by atoms with Gasteiger partial charge < -0.3 is 5.43 Å². The average Bonchev–Trinajstić information content (AvgIpc) is 2.32. The number of aromatic nitrogens is 1. The molecule has 0 saturated carbocycles. The maximum atomic E-state index is 12.6. The summed E-state index contributed by atoms with van der Waals surface area (Å²) in [5, 5.41) is 1.00. The first-order valence-electron chi connectivity index (χ1n) is 4.58. The Morgan fingerprint density at radius 2 is 1.88 bits per heavy atom. The molecule has 7 heteroatoms. The third kappa shape index (κ3) is 2.13. The monoisotopic (exact) mass is 277 g/mol. The predicted molar refractivity (Wildman–Crippen MR) is 64.5 cm³/mol. The number of rotatable bonds is 2. The highest BCUT2D eigenvalue weighted by Gasteiger charge is 2.16. The van der Waals surface area contributed by atoms with Crippen molar-refractivity contribution in [3.63, 3.8) is 0 Å². The standard InChI is InChI=1S/C10H7Cl2F2N3/c11-4-1-2-5(12)9-8(4)6(17-15)3-7(16-9)10(13)14/h1-3,10H,15H2,(H,16,17). The summed E-state index contributed by atoms with van der Waals surface area (Å²) in [6.45, 7) is 0. The van der Waals surface area contributed by atoms with Gasteiger partial charge in [0, 0.05) is 5.39 Å². The first kappa shape index (κ1) is 12.3. The number of hydrogen-bond acceptors (Lipinski definition) is 3. The Kier molecular flexibility index (Phi) is 3.33. The molecule has 2 aromatic rings. The Morgan fingerprint density at radius 3 is 2.47 bits per heavy atom. The maximum absolute atomic E-state index is 12.6. The van der Waals surface area contributed by atoms with Crippen LogP contribution in [0.2, 0.25) is 10.0 Å². The van der Waals surface area contributed by atoms with Gasteiger partial charge in [-0.25, -0.2) is 13.8 Å². The van der Waals surface area contributed by atoms with Crippen molar-refractivity contribution in [3.8, 4) is 0 Å². The molecule has 0 unspecified atom stereocenters. The van der Waals surface area contributed by atoms with Crippen molar-refractivity contribution in [3.05, 3.63) is 33.9 Å². The van der Waals surface area contributed by atoms with Crippen molar-refractivity contribution < 1.29 is 8.78 Å². The minimum absolute atomic E-state index is 0.199. The van der Waals surface area contributed by atoms with Gasteiger partial charge in [0.2, 0.25) is 0 Å². The lowest BCUT2D eigenvalue weighted by atomic mass is 10.1. The van der Waals surface area contributed by atoms with Crippen LogP contribution in [-0.2, 0) is 0 Å². The van der Waals surface area contributed by atoms with Crippen molar-refractivity contribution in [1.82, 2.24) is 4.98 Å². The van der Waals surface area contributed by atoms with E-state index in [-0.39, 0.29) is 16.2 Å². The Labute approximate surface area is 105 Å². The van der Waals surface area contributed by atoms with Gasteiger partial charge in [-0.1, -0.05) is 23.2 Å². The average molecular weight is 278 g/mol.